The van der Waals surface area contributed by atoms with Crippen molar-refractivity contribution in [1.82, 2.24) is 9.80 Å². The van der Waals surface area contributed by atoms with Crippen LogP contribution in [0.1, 0.15) is 24.8 Å². The molecule has 0 unspecified atom stereocenters. The van der Waals surface area contributed by atoms with Gasteiger partial charge in [-0.2, -0.15) is 0 Å². The summed E-state index contributed by atoms with van der Waals surface area (Å²) >= 11 is 0. The molecule has 1 amide bonds. The SMILES string of the molecule is CN1CC[C@]2(C(N)=O)CCCN(Cc3ccc(S(C)(=O)=O)cc3)[C@H]2C1. The number of primary amides is 1. The summed E-state index contributed by atoms with van der Waals surface area (Å²) < 4.78 is 23.2. The zero-order valence-electron chi connectivity index (χ0n) is 14.9. The molecule has 2 heterocycles. The third-order valence-corrected chi connectivity index (χ3v) is 6.93. The Bertz CT molecular complexity index is 747. The maximum atomic E-state index is 12.3. The monoisotopic (exact) mass is 365 g/mol. The number of hydrogen-bond donors (Lipinski definition) is 1. The van der Waals surface area contributed by atoms with Crippen LogP contribution in [0.25, 0.3) is 0 Å². The number of hydrogen-bond acceptors (Lipinski definition) is 5. The highest BCUT2D eigenvalue weighted by Gasteiger charge is 2.51. The first-order valence-corrected chi connectivity index (χ1v) is 10.6. The van der Waals surface area contributed by atoms with Crippen LogP contribution >= 0.6 is 0 Å². The second-order valence-corrected chi connectivity index (χ2v) is 9.55. The van der Waals surface area contributed by atoms with E-state index in [9.17, 15) is 13.2 Å². The molecule has 2 atom stereocenters. The summed E-state index contributed by atoms with van der Waals surface area (Å²) in [5.74, 6) is -0.178. The molecule has 2 aliphatic rings. The van der Waals surface area contributed by atoms with Gasteiger partial charge < -0.3 is 10.6 Å². The van der Waals surface area contributed by atoms with Crippen molar-refractivity contribution in [3.05, 3.63) is 29.8 Å². The number of benzene rings is 1. The first-order chi connectivity index (χ1) is 11.7. The molecular formula is C18H27N3O3S. The van der Waals surface area contributed by atoms with Crippen molar-refractivity contribution < 1.29 is 13.2 Å². The third-order valence-electron chi connectivity index (χ3n) is 5.80. The fraction of sp³-hybridized carbons (Fsp3) is 0.611. The summed E-state index contributed by atoms with van der Waals surface area (Å²) in [6, 6.07) is 7.16. The Morgan fingerprint density at radius 1 is 1.24 bits per heavy atom. The lowest BCUT2D eigenvalue weighted by molar-refractivity contribution is -0.141. The van der Waals surface area contributed by atoms with Crippen molar-refractivity contribution in [3.63, 3.8) is 0 Å². The molecule has 2 N–H and O–H groups in total. The van der Waals surface area contributed by atoms with Crippen molar-refractivity contribution in [2.75, 3.05) is 32.9 Å². The van der Waals surface area contributed by atoms with Gasteiger partial charge in [-0.3, -0.25) is 9.69 Å². The van der Waals surface area contributed by atoms with Crippen LogP contribution in [0.3, 0.4) is 0 Å². The van der Waals surface area contributed by atoms with E-state index in [1.165, 1.54) is 6.26 Å². The summed E-state index contributed by atoms with van der Waals surface area (Å²) in [5.41, 5.74) is 6.45. The Balaban J connectivity index is 1.82. The summed E-state index contributed by atoms with van der Waals surface area (Å²) in [6.07, 6.45) is 3.85. The van der Waals surface area contributed by atoms with Crippen LogP contribution in [-0.4, -0.2) is 63.1 Å². The lowest BCUT2D eigenvalue weighted by Crippen LogP contribution is -2.64. The number of likely N-dealkylation sites (tertiary alicyclic amines) is 2. The van der Waals surface area contributed by atoms with E-state index >= 15 is 0 Å². The van der Waals surface area contributed by atoms with Gasteiger partial charge in [0.1, 0.15) is 0 Å². The van der Waals surface area contributed by atoms with Crippen LogP contribution in [0.4, 0.5) is 0 Å². The number of nitrogens with zero attached hydrogens (tertiary/aromatic N) is 2. The number of amides is 1. The van der Waals surface area contributed by atoms with Crippen molar-refractivity contribution in [2.45, 2.75) is 36.7 Å². The molecule has 1 aromatic carbocycles. The minimum absolute atomic E-state index is 0.118. The lowest BCUT2D eigenvalue weighted by atomic mass is 9.68. The van der Waals surface area contributed by atoms with Gasteiger partial charge in [0.05, 0.1) is 10.3 Å². The Labute approximate surface area is 149 Å². The molecule has 0 radical (unpaired) electrons. The summed E-state index contributed by atoms with van der Waals surface area (Å²) in [5, 5.41) is 0. The van der Waals surface area contributed by atoms with E-state index in [4.69, 9.17) is 5.73 Å². The number of carbonyl (C=O) groups excluding carboxylic acids is 1. The molecule has 138 valence electrons. The van der Waals surface area contributed by atoms with Crippen LogP contribution in [0.2, 0.25) is 0 Å². The predicted octanol–water partition coefficient (Wildman–Crippen LogP) is 0.862. The van der Waals surface area contributed by atoms with E-state index in [-0.39, 0.29) is 11.9 Å². The predicted molar refractivity (Wildman–Crippen MR) is 96.7 cm³/mol. The van der Waals surface area contributed by atoms with E-state index < -0.39 is 15.3 Å². The molecule has 0 aliphatic carbocycles. The normalized spacial score (nSPS) is 28.5. The average Bonchev–Trinajstić information content (AvgIpc) is 2.55. The second-order valence-electron chi connectivity index (χ2n) is 7.54. The number of piperidine rings is 2. The van der Waals surface area contributed by atoms with Crippen LogP contribution in [0.15, 0.2) is 29.2 Å². The van der Waals surface area contributed by atoms with E-state index in [0.717, 1.165) is 44.5 Å². The molecule has 6 nitrogen and oxygen atoms in total. The Morgan fingerprint density at radius 2 is 1.92 bits per heavy atom. The molecule has 2 fully saturated rings. The van der Waals surface area contributed by atoms with Gasteiger partial charge in [-0.15, -0.1) is 0 Å². The highest BCUT2D eigenvalue weighted by Crippen LogP contribution is 2.42. The van der Waals surface area contributed by atoms with E-state index in [1.807, 2.05) is 12.1 Å². The van der Waals surface area contributed by atoms with Gasteiger partial charge >= 0.3 is 0 Å². The molecule has 3 rings (SSSR count). The fourth-order valence-electron chi connectivity index (χ4n) is 4.30. The maximum Gasteiger partial charge on any atom is 0.225 e. The average molecular weight is 365 g/mol. The number of likely N-dealkylation sites (N-methyl/N-ethyl adjacent to an activating group) is 1. The lowest BCUT2D eigenvalue weighted by Gasteiger charge is -2.53. The quantitative estimate of drug-likeness (QED) is 0.856. The zero-order chi connectivity index (χ0) is 18.2. The highest BCUT2D eigenvalue weighted by molar-refractivity contribution is 7.90. The summed E-state index contributed by atoms with van der Waals surface area (Å²) in [6.45, 7) is 3.37. The highest BCUT2D eigenvalue weighted by atomic mass is 32.2. The molecule has 2 saturated heterocycles. The van der Waals surface area contributed by atoms with E-state index in [1.54, 1.807) is 12.1 Å². The third kappa shape index (κ3) is 3.59. The van der Waals surface area contributed by atoms with Gasteiger partial charge in [-0.25, -0.2) is 8.42 Å². The van der Waals surface area contributed by atoms with Crippen LogP contribution in [0, 0.1) is 5.41 Å². The molecule has 0 aromatic heterocycles. The molecule has 0 spiro atoms. The van der Waals surface area contributed by atoms with Gasteiger partial charge in [0, 0.05) is 25.4 Å². The molecule has 1 aromatic rings. The van der Waals surface area contributed by atoms with Gasteiger partial charge in [-0.1, -0.05) is 12.1 Å². The topological polar surface area (TPSA) is 83.7 Å². The number of nitrogens with two attached hydrogens (primary N) is 1. The van der Waals surface area contributed by atoms with E-state index in [0.29, 0.717) is 11.4 Å². The van der Waals surface area contributed by atoms with Crippen molar-refractivity contribution in [1.29, 1.82) is 0 Å². The minimum Gasteiger partial charge on any atom is -0.369 e. The molecular weight excluding hydrogens is 338 g/mol. The van der Waals surface area contributed by atoms with Gasteiger partial charge in [0.15, 0.2) is 9.84 Å². The second kappa shape index (κ2) is 6.70. The number of sulfone groups is 1. The first kappa shape index (κ1) is 18.4. The van der Waals surface area contributed by atoms with Crippen LogP contribution in [0.5, 0.6) is 0 Å². The number of rotatable bonds is 4. The van der Waals surface area contributed by atoms with Gasteiger partial charge in [0.25, 0.3) is 0 Å². The molecule has 2 aliphatic heterocycles. The van der Waals surface area contributed by atoms with Crippen molar-refractivity contribution in [2.24, 2.45) is 11.1 Å². The number of carbonyl (C=O) groups is 1. The summed E-state index contributed by atoms with van der Waals surface area (Å²) in [4.78, 5) is 17.2. The zero-order valence-corrected chi connectivity index (χ0v) is 15.8. The first-order valence-electron chi connectivity index (χ1n) is 8.74. The Hall–Kier alpha value is -1.44. The largest absolute Gasteiger partial charge is 0.369 e. The molecule has 0 bridgehead atoms. The molecule has 7 heteroatoms. The molecule has 0 saturated carbocycles. The van der Waals surface area contributed by atoms with Crippen LogP contribution in [-0.2, 0) is 21.2 Å². The van der Waals surface area contributed by atoms with Crippen molar-refractivity contribution in [3.8, 4) is 0 Å². The summed E-state index contributed by atoms with van der Waals surface area (Å²) in [7, 11) is -1.10. The van der Waals surface area contributed by atoms with Gasteiger partial charge in [0.2, 0.25) is 5.91 Å². The maximum absolute atomic E-state index is 12.3. The standard InChI is InChI=1S/C18H27N3O3S/c1-20-11-9-18(17(19)22)8-3-10-21(16(18)13-20)12-14-4-6-15(7-5-14)25(2,23)24/h4-7,16H,3,8-13H2,1-2H3,(H2,19,22)/t16-,18+/m0/s1. The van der Waals surface area contributed by atoms with Gasteiger partial charge in [-0.05, 0) is 57.1 Å². The minimum atomic E-state index is -3.18. The smallest absolute Gasteiger partial charge is 0.225 e. The fourth-order valence-corrected chi connectivity index (χ4v) is 4.94. The van der Waals surface area contributed by atoms with Crippen LogP contribution < -0.4 is 5.73 Å². The molecule has 25 heavy (non-hydrogen) atoms. The van der Waals surface area contributed by atoms with E-state index in [2.05, 4.69) is 16.8 Å². The Morgan fingerprint density at radius 3 is 2.52 bits per heavy atom. The Kier molecular flexibility index (Phi) is 4.92. The van der Waals surface area contributed by atoms with Crippen molar-refractivity contribution >= 4 is 15.7 Å². The number of fused-ring (bicyclic) bond motifs is 1.